The van der Waals surface area contributed by atoms with Crippen LogP contribution < -0.4 is 16.0 Å². The molecule has 5 atom stereocenters. The van der Waals surface area contributed by atoms with Gasteiger partial charge in [0.25, 0.3) is 5.56 Å². The van der Waals surface area contributed by atoms with E-state index in [-0.39, 0.29) is 12.2 Å². The van der Waals surface area contributed by atoms with E-state index in [4.69, 9.17) is 18.9 Å². The first kappa shape index (κ1) is 20.8. The number of fused-ring (bicyclic) bond motifs is 1. The first-order valence-corrected chi connectivity index (χ1v) is 9.53. The zero-order chi connectivity index (χ0) is 21.6. The molecule has 4 rings (SSSR count). The molecule has 30 heavy (non-hydrogen) atoms. The molecule has 0 bridgehead atoms. The van der Waals surface area contributed by atoms with Gasteiger partial charge < -0.3 is 29.2 Å². The molecule has 1 unspecified atom stereocenters. The highest BCUT2D eigenvalue weighted by molar-refractivity contribution is 5.34. The number of aromatic nitrogens is 2. The molecule has 162 valence electrons. The van der Waals surface area contributed by atoms with E-state index >= 15 is 0 Å². The summed E-state index contributed by atoms with van der Waals surface area (Å²) in [6.07, 6.45) is -2.97. The molecule has 1 aromatic carbocycles. The predicted molar refractivity (Wildman–Crippen MR) is 103 cm³/mol. The average molecular weight is 420 g/mol. The third-order valence-electron chi connectivity index (χ3n) is 5.28. The molecule has 3 heterocycles. The van der Waals surface area contributed by atoms with E-state index < -0.39 is 47.7 Å². The molecule has 0 amide bonds. The van der Waals surface area contributed by atoms with Crippen LogP contribution in [0.25, 0.3) is 0 Å². The van der Waals surface area contributed by atoms with E-state index in [0.29, 0.717) is 11.3 Å². The van der Waals surface area contributed by atoms with E-state index in [1.165, 1.54) is 13.3 Å². The number of hydrogen-bond donors (Lipinski definition) is 3. The average Bonchev–Trinajstić information content (AvgIpc) is 3.20. The Labute approximate surface area is 171 Å². The second-order valence-electron chi connectivity index (χ2n) is 7.74. The molecule has 0 saturated carbocycles. The van der Waals surface area contributed by atoms with E-state index in [2.05, 4.69) is 4.98 Å². The SMILES string of the molecule is COc1cccc(C(O)c2cn([C@@H]3O[C@H](CO)[C@H]4OC(C)(C)O[C@H]43)c(=O)[nH]c2=O)c1. The number of hydrogen-bond acceptors (Lipinski definition) is 8. The predicted octanol–water partition coefficient (Wildman–Crippen LogP) is 0.0367. The fourth-order valence-electron chi connectivity index (χ4n) is 3.91. The van der Waals surface area contributed by atoms with Gasteiger partial charge in [-0.15, -0.1) is 0 Å². The number of nitrogens with one attached hydrogen (secondary N) is 1. The number of H-pyrrole nitrogens is 1. The molecule has 2 aliphatic rings. The van der Waals surface area contributed by atoms with Crippen LogP contribution in [0.3, 0.4) is 0 Å². The third kappa shape index (κ3) is 3.57. The Bertz CT molecular complexity index is 1050. The van der Waals surface area contributed by atoms with Crippen molar-refractivity contribution in [2.45, 2.75) is 50.3 Å². The van der Waals surface area contributed by atoms with Crippen LogP contribution in [0.5, 0.6) is 5.75 Å². The Kier molecular flexibility index (Phi) is 5.28. The van der Waals surface area contributed by atoms with E-state index in [0.717, 1.165) is 4.57 Å². The molecule has 0 aliphatic carbocycles. The van der Waals surface area contributed by atoms with Crippen LogP contribution >= 0.6 is 0 Å². The van der Waals surface area contributed by atoms with Gasteiger partial charge in [0.05, 0.1) is 19.3 Å². The molecule has 10 nitrogen and oxygen atoms in total. The van der Waals surface area contributed by atoms with Crippen molar-refractivity contribution in [3.63, 3.8) is 0 Å². The lowest BCUT2D eigenvalue weighted by molar-refractivity contribution is -0.200. The molecule has 0 radical (unpaired) electrons. The van der Waals surface area contributed by atoms with Gasteiger partial charge in [0.1, 0.15) is 30.2 Å². The van der Waals surface area contributed by atoms with Crippen LogP contribution in [0, 0.1) is 0 Å². The minimum Gasteiger partial charge on any atom is -0.497 e. The summed E-state index contributed by atoms with van der Waals surface area (Å²) in [4.78, 5) is 27.2. The maximum absolute atomic E-state index is 12.6. The number of aromatic amines is 1. The van der Waals surface area contributed by atoms with Crippen molar-refractivity contribution in [1.29, 1.82) is 0 Å². The maximum atomic E-state index is 12.6. The maximum Gasteiger partial charge on any atom is 0.330 e. The van der Waals surface area contributed by atoms with Crippen LogP contribution in [0.1, 0.15) is 37.3 Å². The molecule has 2 fully saturated rings. The number of rotatable bonds is 5. The number of nitrogens with zero attached hydrogens (tertiary/aromatic N) is 1. The van der Waals surface area contributed by atoms with Gasteiger partial charge in [0, 0.05) is 6.20 Å². The van der Waals surface area contributed by atoms with Crippen molar-refractivity contribution in [3.8, 4) is 5.75 Å². The summed E-state index contributed by atoms with van der Waals surface area (Å²) in [5.41, 5.74) is -1.07. The number of methoxy groups -OCH3 is 1. The molecule has 2 aromatic rings. The number of aliphatic hydroxyl groups is 2. The third-order valence-corrected chi connectivity index (χ3v) is 5.28. The minimum atomic E-state index is -1.31. The quantitative estimate of drug-likeness (QED) is 0.618. The second kappa shape index (κ2) is 7.64. The number of aliphatic hydroxyl groups excluding tert-OH is 2. The number of benzene rings is 1. The summed E-state index contributed by atoms with van der Waals surface area (Å²) >= 11 is 0. The first-order chi connectivity index (χ1) is 14.2. The van der Waals surface area contributed by atoms with Gasteiger partial charge in [-0.05, 0) is 31.5 Å². The highest BCUT2D eigenvalue weighted by Crippen LogP contribution is 2.42. The van der Waals surface area contributed by atoms with Crippen LogP contribution in [0.15, 0.2) is 40.1 Å². The molecule has 10 heteroatoms. The Morgan fingerprint density at radius 2 is 2.00 bits per heavy atom. The van der Waals surface area contributed by atoms with Crippen LogP contribution in [0.4, 0.5) is 0 Å². The fourth-order valence-corrected chi connectivity index (χ4v) is 3.91. The van der Waals surface area contributed by atoms with Crippen molar-refractivity contribution < 1.29 is 29.2 Å². The van der Waals surface area contributed by atoms with Gasteiger partial charge >= 0.3 is 5.69 Å². The Hall–Kier alpha value is -2.50. The van der Waals surface area contributed by atoms with E-state index in [9.17, 15) is 19.8 Å². The molecule has 0 spiro atoms. The largest absolute Gasteiger partial charge is 0.497 e. The van der Waals surface area contributed by atoms with E-state index in [1.807, 2.05) is 0 Å². The van der Waals surface area contributed by atoms with Gasteiger partial charge in [-0.2, -0.15) is 0 Å². The number of ether oxygens (including phenoxy) is 4. The van der Waals surface area contributed by atoms with Crippen molar-refractivity contribution in [1.82, 2.24) is 9.55 Å². The topological polar surface area (TPSA) is 132 Å². The first-order valence-electron chi connectivity index (χ1n) is 9.53. The van der Waals surface area contributed by atoms with Gasteiger partial charge in [-0.1, -0.05) is 12.1 Å². The monoisotopic (exact) mass is 420 g/mol. The van der Waals surface area contributed by atoms with Gasteiger partial charge in [-0.25, -0.2) is 4.79 Å². The smallest absolute Gasteiger partial charge is 0.330 e. The van der Waals surface area contributed by atoms with Crippen molar-refractivity contribution in [3.05, 3.63) is 62.4 Å². The second-order valence-corrected chi connectivity index (χ2v) is 7.74. The van der Waals surface area contributed by atoms with Gasteiger partial charge in [0.15, 0.2) is 12.0 Å². The fraction of sp³-hybridized carbons (Fsp3) is 0.500. The van der Waals surface area contributed by atoms with Gasteiger partial charge in [-0.3, -0.25) is 14.3 Å². The summed E-state index contributed by atoms with van der Waals surface area (Å²) in [7, 11) is 1.50. The van der Waals surface area contributed by atoms with Crippen LogP contribution in [0.2, 0.25) is 0 Å². The lowest BCUT2D eigenvalue weighted by atomic mass is 10.0. The van der Waals surface area contributed by atoms with Crippen molar-refractivity contribution in [2.75, 3.05) is 13.7 Å². The summed E-state index contributed by atoms with van der Waals surface area (Å²) in [5.74, 6) is -0.401. The Balaban J connectivity index is 1.73. The van der Waals surface area contributed by atoms with Crippen molar-refractivity contribution in [2.24, 2.45) is 0 Å². The summed E-state index contributed by atoms with van der Waals surface area (Å²) in [5, 5.41) is 20.4. The van der Waals surface area contributed by atoms with Crippen LogP contribution in [-0.2, 0) is 14.2 Å². The molecule has 3 N–H and O–H groups in total. The zero-order valence-corrected chi connectivity index (χ0v) is 16.8. The summed E-state index contributed by atoms with van der Waals surface area (Å²) in [6, 6.07) is 6.63. The normalized spacial score (nSPS) is 28.3. The Morgan fingerprint density at radius 1 is 1.27 bits per heavy atom. The highest BCUT2D eigenvalue weighted by atomic mass is 16.8. The zero-order valence-electron chi connectivity index (χ0n) is 16.8. The minimum absolute atomic E-state index is 0.0476. The standard InChI is InChI=1S/C20H24N2O8/c1-20(2)29-15-13(9-23)28-18(16(15)30-20)22-8-12(17(25)21-19(22)26)14(24)10-5-4-6-11(7-10)27-3/h4-8,13-16,18,23-24H,9H2,1-3H3,(H,21,25,26)/t13-,14?,15-,16-,18-/m1/s1. The lowest BCUT2D eigenvalue weighted by Crippen LogP contribution is -2.39. The van der Waals surface area contributed by atoms with Crippen molar-refractivity contribution >= 4 is 0 Å². The molecular weight excluding hydrogens is 396 g/mol. The summed E-state index contributed by atoms with van der Waals surface area (Å²) < 4.78 is 23.8. The van der Waals surface area contributed by atoms with Gasteiger partial charge in [0.2, 0.25) is 0 Å². The molecule has 2 saturated heterocycles. The van der Waals surface area contributed by atoms with Crippen LogP contribution in [-0.4, -0.2) is 57.6 Å². The molecule has 2 aliphatic heterocycles. The lowest BCUT2D eigenvalue weighted by Gasteiger charge is -2.24. The summed E-state index contributed by atoms with van der Waals surface area (Å²) in [6.45, 7) is 3.13. The van der Waals surface area contributed by atoms with E-state index in [1.54, 1.807) is 38.1 Å². The molecular formula is C20H24N2O8. The molecule has 1 aromatic heterocycles. The Morgan fingerprint density at radius 3 is 2.70 bits per heavy atom. The highest BCUT2D eigenvalue weighted by Gasteiger charge is 2.56.